The molecule has 2 N–H and O–H groups in total. The van der Waals surface area contributed by atoms with Gasteiger partial charge in [0.05, 0.1) is 7.11 Å². The topological polar surface area (TPSA) is 38.5 Å². The van der Waals surface area contributed by atoms with E-state index in [0.29, 0.717) is 12.1 Å². The Kier molecular flexibility index (Phi) is 3.76. The van der Waals surface area contributed by atoms with E-state index >= 15 is 0 Å². The predicted octanol–water partition coefficient (Wildman–Crippen LogP) is 2.50. The molecule has 1 aliphatic heterocycles. The van der Waals surface area contributed by atoms with Crippen LogP contribution in [0.4, 0.5) is 0 Å². The zero-order valence-corrected chi connectivity index (χ0v) is 11.8. The Morgan fingerprint density at radius 1 is 1.32 bits per heavy atom. The minimum absolute atomic E-state index is 0.555. The Bertz CT molecular complexity index is 446. The summed E-state index contributed by atoms with van der Waals surface area (Å²) in [6, 6.07) is 7.66. The van der Waals surface area contributed by atoms with Gasteiger partial charge < -0.3 is 10.5 Å². The molecule has 0 aromatic heterocycles. The van der Waals surface area contributed by atoms with Gasteiger partial charge in [-0.15, -0.1) is 0 Å². The molecule has 3 rings (SSSR count). The van der Waals surface area contributed by atoms with Gasteiger partial charge in [0.2, 0.25) is 0 Å². The Hall–Kier alpha value is -1.06. The van der Waals surface area contributed by atoms with Crippen molar-refractivity contribution in [3.05, 3.63) is 29.3 Å². The summed E-state index contributed by atoms with van der Waals surface area (Å²) in [4.78, 5) is 2.65. The van der Waals surface area contributed by atoms with Crippen LogP contribution >= 0.6 is 0 Å². The third-order valence-electron chi connectivity index (χ3n) is 4.74. The molecule has 19 heavy (non-hydrogen) atoms. The second-order valence-corrected chi connectivity index (χ2v) is 5.74. The second kappa shape index (κ2) is 5.51. The molecule has 2 aliphatic rings. The Balaban J connectivity index is 1.87. The van der Waals surface area contributed by atoms with Crippen molar-refractivity contribution in [1.29, 1.82) is 0 Å². The summed E-state index contributed by atoms with van der Waals surface area (Å²) < 4.78 is 5.39. The molecule has 0 bridgehead atoms. The number of hydrogen-bond acceptors (Lipinski definition) is 3. The smallest absolute Gasteiger partial charge is 0.119 e. The molecule has 1 aromatic rings. The van der Waals surface area contributed by atoms with Crippen LogP contribution < -0.4 is 10.5 Å². The molecule has 0 saturated carbocycles. The molecule has 2 unspecified atom stereocenters. The summed E-state index contributed by atoms with van der Waals surface area (Å²) in [6.45, 7) is 1.99. The van der Waals surface area contributed by atoms with Crippen molar-refractivity contribution in [3.63, 3.8) is 0 Å². The summed E-state index contributed by atoms with van der Waals surface area (Å²) in [5, 5.41) is 0. The largest absolute Gasteiger partial charge is 0.497 e. The quantitative estimate of drug-likeness (QED) is 0.907. The number of fused-ring (bicyclic) bond motifs is 1. The SMILES string of the molecule is COc1ccc2c(c1)C(N1CCCCC1CN)CC2. The van der Waals surface area contributed by atoms with Crippen molar-refractivity contribution in [1.82, 2.24) is 4.90 Å². The van der Waals surface area contributed by atoms with Crippen molar-refractivity contribution in [2.45, 2.75) is 44.2 Å². The Morgan fingerprint density at radius 3 is 3.00 bits per heavy atom. The number of aryl methyl sites for hydroxylation is 1. The number of hydrogen-bond donors (Lipinski definition) is 1. The highest BCUT2D eigenvalue weighted by Gasteiger charge is 2.33. The van der Waals surface area contributed by atoms with Crippen LogP contribution in [0.2, 0.25) is 0 Å². The average Bonchev–Trinajstić information content (AvgIpc) is 2.89. The Morgan fingerprint density at radius 2 is 2.21 bits per heavy atom. The van der Waals surface area contributed by atoms with Crippen molar-refractivity contribution < 1.29 is 4.74 Å². The molecule has 1 aliphatic carbocycles. The number of likely N-dealkylation sites (tertiary alicyclic amines) is 1. The molecule has 1 heterocycles. The molecule has 0 radical (unpaired) electrons. The van der Waals surface area contributed by atoms with Gasteiger partial charge in [-0.2, -0.15) is 0 Å². The van der Waals surface area contributed by atoms with Crippen LogP contribution in [0.3, 0.4) is 0 Å². The fraction of sp³-hybridized carbons (Fsp3) is 0.625. The molecule has 1 aromatic carbocycles. The maximum atomic E-state index is 5.97. The maximum Gasteiger partial charge on any atom is 0.119 e. The lowest BCUT2D eigenvalue weighted by atomic mass is 9.97. The first-order valence-electron chi connectivity index (χ1n) is 7.46. The molecular formula is C16H24N2O. The van der Waals surface area contributed by atoms with E-state index in [1.165, 1.54) is 49.8 Å². The predicted molar refractivity (Wildman–Crippen MR) is 77.5 cm³/mol. The molecule has 0 amide bonds. The third kappa shape index (κ3) is 2.37. The van der Waals surface area contributed by atoms with Crippen LogP contribution in [0.5, 0.6) is 5.75 Å². The first kappa shape index (κ1) is 12.9. The number of piperidine rings is 1. The van der Waals surface area contributed by atoms with Crippen LogP contribution in [0.15, 0.2) is 18.2 Å². The van der Waals surface area contributed by atoms with Gasteiger partial charge in [-0.05, 0) is 55.5 Å². The highest BCUT2D eigenvalue weighted by Crippen LogP contribution is 2.40. The standard InChI is InChI=1S/C16H24N2O/c1-19-14-7-5-12-6-8-16(15(12)10-14)18-9-3-2-4-13(18)11-17/h5,7,10,13,16H,2-4,6,8-9,11,17H2,1H3. The van der Waals surface area contributed by atoms with Gasteiger partial charge in [0, 0.05) is 18.6 Å². The number of nitrogens with zero attached hydrogens (tertiary/aromatic N) is 1. The summed E-state index contributed by atoms with van der Waals surface area (Å²) in [5.74, 6) is 0.979. The van der Waals surface area contributed by atoms with E-state index in [2.05, 4.69) is 23.1 Å². The molecule has 2 atom stereocenters. The summed E-state index contributed by atoms with van der Waals surface area (Å²) >= 11 is 0. The monoisotopic (exact) mass is 260 g/mol. The highest BCUT2D eigenvalue weighted by molar-refractivity contribution is 5.41. The number of ether oxygens (including phenoxy) is 1. The van der Waals surface area contributed by atoms with Gasteiger partial charge in [-0.25, -0.2) is 0 Å². The van der Waals surface area contributed by atoms with Crippen molar-refractivity contribution >= 4 is 0 Å². The zero-order valence-electron chi connectivity index (χ0n) is 11.8. The first-order valence-corrected chi connectivity index (χ1v) is 7.46. The number of methoxy groups -OCH3 is 1. The first-order chi connectivity index (χ1) is 9.33. The van der Waals surface area contributed by atoms with Gasteiger partial charge in [0.25, 0.3) is 0 Å². The Labute approximate surface area is 115 Å². The van der Waals surface area contributed by atoms with E-state index in [1.54, 1.807) is 7.11 Å². The number of nitrogens with two attached hydrogens (primary N) is 1. The minimum Gasteiger partial charge on any atom is -0.497 e. The van der Waals surface area contributed by atoms with Crippen LogP contribution in [0, 0.1) is 0 Å². The number of rotatable bonds is 3. The van der Waals surface area contributed by atoms with Crippen LogP contribution in [0.25, 0.3) is 0 Å². The lowest BCUT2D eigenvalue weighted by molar-refractivity contribution is 0.0989. The average molecular weight is 260 g/mol. The van der Waals surface area contributed by atoms with E-state index in [4.69, 9.17) is 10.5 Å². The molecule has 3 heteroatoms. The van der Waals surface area contributed by atoms with Crippen LogP contribution in [0.1, 0.15) is 42.9 Å². The van der Waals surface area contributed by atoms with Gasteiger partial charge in [0.1, 0.15) is 5.75 Å². The lowest BCUT2D eigenvalue weighted by Gasteiger charge is -2.39. The number of benzene rings is 1. The van der Waals surface area contributed by atoms with Crippen molar-refractivity contribution in [2.24, 2.45) is 5.73 Å². The zero-order chi connectivity index (χ0) is 13.2. The molecule has 0 spiro atoms. The van der Waals surface area contributed by atoms with Gasteiger partial charge in [-0.3, -0.25) is 4.90 Å². The van der Waals surface area contributed by atoms with E-state index in [9.17, 15) is 0 Å². The van der Waals surface area contributed by atoms with E-state index in [0.717, 1.165) is 12.3 Å². The molecule has 1 saturated heterocycles. The fourth-order valence-corrected chi connectivity index (χ4v) is 3.72. The van der Waals surface area contributed by atoms with E-state index < -0.39 is 0 Å². The normalized spacial score (nSPS) is 27.3. The third-order valence-corrected chi connectivity index (χ3v) is 4.74. The summed E-state index contributed by atoms with van der Waals surface area (Å²) in [7, 11) is 1.75. The van der Waals surface area contributed by atoms with Gasteiger partial charge >= 0.3 is 0 Å². The fourth-order valence-electron chi connectivity index (χ4n) is 3.72. The second-order valence-electron chi connectivity index (χ2n) is 5.74. The maximum absolute atomic E-state index is 5.97. The highest BCUT2D eigenvalue weighted by atomic mass is 16.5. The van der Waals surface area contributed by atoms with Crippen LogP contribution in [-0.4, -0.2) is 31.1 Å². The molecule has 104 valence electrons. The summed E-state index contributed by atoms with van der Waals surface area (Å²) in [6.07, 6.45) is 6.32. The minimum atomic E-state index is 0.555. The van der Waals surface area contributed by atoms with E-state index in [1.807, 2.05) is 0 Å². The lowest BCUT2D eigenvalue weighted by Crippen LogP contribution is -2.45. The van der Waals surface area contributed by atoms with Crippen molar-refractivity contribution in [3.8, 4) is 5.75 Å². The van der Waals surface area contributed by atoms with Crippen LogP contribution in [-0.2, 0) is 6.42 Å². The molecule has 3 nitrogen and oxygen atoms in total. The van der Waals surface area contributed by atoms with Gasteiger partial charge in [0.15, 0.2) is 0 Å². The van der Waals surface area contributed by atoms with Gasteiger partial charge in [-0.1, -0.05) is 12.5 Å². The van der Waals surface area contributed by atoms with Crippen molar-refractivity contribution in [2.75, 3.05) is 20.2 Å². The molecule has 1 fully saturated rings. The molecular weight excluding hydrogens is 236 g/mol. The van der Waals surface area contributed by atoms with E-state index in [-0.39, 0.29) is 0 Å². The summed E-state index contributed by atoms with van der Waals surface area (Å²) in [5.41, 5.74) is 8.94.